The van der Waals surface area contributed by atoms with E-state index in [9.17, 15) is 13.2 Å². The zero-order valence-corrected chi connectivity index (χ0v) is 19.6. The molecule has 33 heavy (non-hydrogen) atoms. The van der Waals surface area contributed by atoms with Crippen LogP contribution in [0, 0.1) is 0 Å². The van der Waals surface area contributed by atoms with Crippen molar-refractivity contribution in [1.82, 2.24) is 5.32 Å². The average molecular weight is 507 g/mol. The van der Waals surface area contributed by atoms with Gasteiger partial charge >= 0.3 is 0 Å². The first-order valence-electron chi connectivity index (χ1n) is 10.1. The Morgan fingerprint density at radius 3 is 2.48 bits per heavy atom. The number of fused-ring (bicyclic) bond motifs is 1. The van der Waals surface area contributed by atoms with E-state index in [1.807, 2.05) is 0 Å². The SMILES string of the molecule is O=C(NCCOc1ccccc1Cl)C1CN(S(=O)(=O)c2ccc(Cl)cc2)c2ccccc2O1. The van der Waals surface area contributed by atoms with Gasteiger partial charge in [-0.2, -0.15) is 0 Å². The molecule has 0 radical (unpaired) electrons. The summed E-state index contributed by atoms with van der Waals surface area (Å²) in [6.07, 6.45) is -1.04. The highest BCUT2D eigenvalue weighted by Gasteiger charge is 2.37. The summed E-state index contributed by atoms with van der Waals surface area (Å²) in [5.41, 5.74) is 0.360. The van der Waals surface area contributed by atoms with Crippen molar-refractivity contribution in [2.75, 3.05) is 24.0 Å². The molecule has 3 aromatic carbocycles. The zero-order chi connectivity index (χ0) is 23.4. The van der Waals surface area contributed by atoms with E-state index in [4.69, 9.17) is 32.7 Å². The minimum Gasteiger partial charge on any atom is -0.490 e. The molecule has 1 unspecified atom stereocenters. The molecule has 7 nitrogen and oxygen atoms in total. The van der Waals surface area contributed by atoms with E-state index in [1.165, 1.54) is 28.6 Å². The lowest BCUT2D eigenvalue weighted by atomic mass is 10.2. The number of hydrogen-bond donors (Lipinski definition) is 1. The second-order valence-electron chi connectivity index (χ2n) is 7.13. The molecular formula is C23H20Cl2N2O5S. The Morgan fingerprint density at radius 2 is 1.73 bits per heavy atom. The predicted molar refractivity (Wildman–Crippen MR) is 127 cm³/mol. The third-order valence-electron chi connectivity index (χ3n) is 4.92. The highest BCUT2D eigenvalue weighted by molar-refractivity contribution is 7.92. The lowest BCUT2D eigenvalue weighted by Crippen LogP contribution is -2.51. The van der Waals surface area contributed by atoms with Gasteiger partial charge in [-0.05, 0) is 48.5 Å². The van der Waals surface area contributed by atoms with Crippen LogP contribution < -0.4 is 19.1 Å². The molecule has 0 bridgehead atoms. The standard InChI is InChI=1S/C23H20Cl2N2O5S/c24-16-9-11-17(12-10-16)33(29,30)27-15-22(32-21-8-4-2-6-19(21)27)23(28)26-13-14-31-20-7-3-1-5-18(20)25/h1-12,22H,13-15H2,(H,26,28). The Balaban J connectivity index is 1.47. The van der Waals surface area contributed by atoms with Gasteiger partial charge < -0.3 is 14.8 Å². The van der Waals surface area contributed by atoms with Crippen LogP contribution in [-0.2, 0) is 14.8 Å². The minimum atomic E-state index is -3.95. The molecule has 0 aromatic heterocycles. The van der Waals surface area contributed by atoms with Crippen LogP contribution in [0.25, 0.3) is 0 Å². The number of benzene rings is 3. The maximum atomic E-state index is 13.3. The zero-order valence-electron chi connectivity index (χ0n) is 17.3. The van der Waals surface area contributed by atoms with Crippen LogP contribution in [0.15, 0.2) is 77.7 Å². The van der Waals surface area contributed by atoms with Gasteiger partial charge in [-0.1, -0.05) is 47.5 Å². The van der Waals surface area contributed by atoms with Crippen molar-refractivity contribution in [1.29, 1.82) is 0 Å². The van der Waals surface area contributed by atoms with Gasteiger partial charge in [-0.3, -0.25) is 9.10 Å². The van der Waals surface area contributed by atoms with Crippen molar-refractivity contribution in [2.24, 2.45) is 0 Å². The summed E-state index contributed by atoms with van der Waals surface area (Å²) in [6, 6.07) is 19.6. The van der Waals surface area contributed by atoms with E-state index in [2.05, 4.69) is 5.32 Å². The maximum absolute atomic E-state index is 13.3. The molecule has 172 valence electrons. The van der Waals surface area contributed by atoms with Crippen LogP contribution in [-0.4, -0.2) is 40.1 Å². The van der Waals surface area contributed by atoms with Gasteiger partial charge in [0, 0.05) is 5.02 Å². The van der Waals surface area contributed by atoms with Gasteiger partial charge in [-0.25, -0.2) is 8.42 Å². The molecule has 10 heteroatoms. The molecule has 1 atom stereocenters. The number of nitrogens with zero attached hydrogens (tertiary/aromatic N) is 1. The second-order valence-corrected chi connectivity index (χ2v) is 9.84. The normalized spacial score (nSPS) is 15.3. The van der Waals surface area contributed by atoms with Crippen molar-refractivity contribution in [3.63, 3.8) is 0 Å². The van der Waals surface area contributed by atoms with E-state index >= 15 is 0 Å². The molecule has 0 aliphatic carbocycles. The molecule has 0 saturated heterocycles. The van der Waals surface area contributed by atoms with Crippen molar-refractivity contribution in [3.8, 4) is 11.5 Å². The summed E-state index contributed by atoms with van der Waals surface area (Å²) in [7, 11) is -3.95. The number of sulfonamides is 1. The summed E-state index contributed by atoms with van der Waals surface area (Å²) in [6.45, 7) is 0.195. The third kappa shape index (κ3) is 5.19. The van der Waals surface area contributed by atoms with Gasteiger partial charge in [0.25, 0.3) is 15.9 Å². The van der Waals surface area contributed by atoms with Gasteiger partial charge in [0.05, 0.1) is 28.7 Å². The number of anilines is 1. The fourth-order valence-corrected chi connectivity index (χ4v) is 5.10. The number of carbonyl (C=O) groups excluding carboxylic acids is 1. The molecule has 4 rings (SSSR count). The fourth-order valence-electron chi connectivity index (χ4n) is 3.31. The molecular weight excluding hydrogens is 487 g/mol. The Kier molecular flexibility index (Phi) is 6.97. The fraction of sp³-hybridized carbons (Fsp3) is 0.174. The number of nitrogens with one attached hydrogen (secondary N) is 1. The highest BCUT2D eigenvalue weighted by atomic mass is 35.5. The van der Waals surface area contributed by atoms with Crippen LogP contribution in [0.1, 0.15) is 0 Å². The molecule has 1 heterocycles. The Morgan fingerprint density at radius 1 is 1.03 bits per heavy atom. The van der Waals surface area contributed by atoms with Crippen molar-refractivity contribution < 1.29 is 22.7 Å². The number of halogens is 2. The average Bonchev–Trinajstić information content (AvgIpc) is 2.82. The van der Waals surface area contributed by atoms with E-state index in [1.54, 1.807) is 48.5 Å². The molecule has 3 aromatic rings. The van der Waals surface area contributed by atoms with E-state index in [-0.39, 0.29) is 24.6 Å². The summed E-state index contributed by atoms with van der Waals surface area (Å²) >= 11 is 12.0. The van der Waals surface area contributed by atoms with E-state index in [0.717, 1.165) is 0 Å². The lowest BCUT2D eigenvalue weighted by molar-refractivity contribution is -0.127. The number of amides is 1. The second kappa shape index (κ2) is 9.91. The number of rotatable bonds is 7. The number of hydrogen-bond acceptors (Lipinski definition) is 5. The number of carbonyl (C=O) groups is 1. The Hall–Kier alpha value is -2.94. The first-order chi connectivity index (χ1) is 15.9. The van der Waals surface area contributed by atoms with Gasteiger partial charge in [-0.15, -0.1) is 0 Å². The van der Waals surface area contributed by atoms with Crippen LogP contribution >= 0.6 is 23.2 Å². The molecule has 1 aliphatic heterocycles. The molecule has 1 N–H and O–H groups in total. The van der Waals surface area contributed by atoms with Gasteiger partial charge in [0.15, 0.2) is 6.10 Å². The molecule has 0 saturated carbocycles. The summed E-state index contributed by atoms with van der Waals surface area (Å²) in [4.78, 5) is 12.8. The molecule has 1 aliphatic rings. The smallest absolute Gasteiger partial charge is 0.264 e. The third-order valence-corrected chi connectivity index (χ3v) is 7.28. The number of para-hydroxylation sites is 3. The lowest BCUT2D eigenvalue weighted by Gasteiger charge is -2.34. The van der Waals surface area contributed by atoms with Crippen molar-refractivity contribution >= 4 is 44.8 Å². The Bertz CT molecular complexity index is 1250. The molecule has 0 fully saturated rings. The van der Waals surface area contributed by atoms with Gasteiger partial charge in [0.1, 0.15) is 18.1 Å². The summed E-state index contributed by atoms with van der Waals surface area (Å²) in [5, 5.41) is 3.62. The largest absolute Gasteiger partial charge is 0.490 e. The van der Waals surface area contributed by atoms with Crippen molar-refractivity contribution in [3.05, 3.63) is 82.8 Å². The van der Waals surface area contributed by atoms with Crippen LogP contribution in [0.5, 0.6) is 11.5 Å². The topological polar surface area (TPSA) is 84.9 Å². The van der Waals surface area contributed by atoms with Crippen LogP contribution in [0.2, 0.25) is 10.0 Å². The minimum absolute atomic E-state index is 0.0656. The molecule has 1 amide bonds. The van der Waals surface area contributed by atoms with E-state index < -0.39 is 22.0 Å². The van der Waals surface area contributed by atoms with E-state index in [0.29, 0.717) is 27.2 Å². The maximum Gasteiger partial charge on any atom is 0.264 e. The van der Waals surface area contributed by atoms with Crippen LogP contribution in [0.4, 0.5) is 5.69 Å². The first-order valence-corrected chi connectivity index (χ1v) is 12.2. The van der Waals surface area contributed by atoms with Gasteiger partial charge in [0.2, 0.25) is 0 Å². The highest BCUT2D eigenvalue weighted by Crippen LogP contribution is 2.37. The van der Waals surface area contributed by atoms with Crippen molar-refractivity contribution in [2.45, 2.75) is 11.0 Å². The van der Waals surface area contributed by atoms with Crippen LogP contribution in [0.3, 0.4) is 0 Å². The quantitative estimate of drug-likeness (QED) is 0.486. The summed E-state index contributed by atoms with van der Waals surface area (Å²) in [5.74, 6) is 0.355. The Labute approximate surface area is 201 Å². The molecule has 0 spiro atoms. The number of ether oxygens (including phenoxy) is 2. The predicted octanol–water partition coefficient (Wildman–Crippen LogP) is 4.14. The monoisotopic (exact) mass is 506 g/mol. The summed E-state index contributed by atoms with van der Waals surface area (Å²) < 4.78 is 39.2. The first kappa shape index (κ1) is 23.2.